The van der Waals surface area contributed by atoms with Crippen LogP contribution in [0.5, 0.6) is 0 Å². The summed E-state index contributed by atoms with van der Waals surface area (Å²) in [4.78, 5) is 29.8. The Bertz CT molecular complexity index is 1100. The van der Waals surface area contributed by atoms with E-state index >= 15 is 0 Å². The lowest BCUT2D eigenvalue weighted by atomic mass is 9.76. The van der Waals surface area contributed by atoms with Crippen molar-refractivity contribution in [1.82, 2.24) is 15.1 Å². The SMILES string of the molecule is CN(C)CC1CC2(CCN(C(=O)c3ccc4cc(C5=CCNCC5)ccc4c3)CC2)C(=O)O1. The van der Waals surface area contributed by atoms with Crippen molar-refractivity contribution in [2.45, 2.75) is 31.8 Å². The molecule has 3 aliphatic heterocycles. The van der Waals surface area contributed by atoms with Gasteiger partial charge in [0, 0.05) is 38.2 Å². The summed E-state index contributed by atoms with van der Waals surface area (Å²) in [6.07, 6.45) is 5.39. The van der Waals surface area contributed by atoms with E-state index in [0.717, 1.165) is 43.2 Å². The third-order valence-corrected chi connectivity index (χ3v) is 7.42. The smallest absolute Gasteiger partial charge is 0.312 e. The molecule has 1 amide bonds. The van der Waals surface area contributed by atoms with Gasteiger partial charge < -0.3 is 19.9 Å². The molecule has 1 atom stereocenters. The molecular formula is C27H33N3O3. The number of hydrogen-bond donors (Lipinski definition) is 1. The number of nitrogens with one attached hydrogen (secondary N) is 1. The number of carbonyl (C=O) groups is 2. The molecule has 3 aliphatic rings. The number of carbonyl (C=O) groups excluding carboxylic acids is 2. The van der Waals surface area contributed by atoms with Crippen LogP contribution in [-0.2, 0) is 9.53 Å². The van der Waals surface area contributed by atoms with Gasteiger partial charge in [-0.2, -0.15) is 0 Å². The van der Waals surface area contributed by atoms with Gasteiger partial charge in [-0.25, -0.2) is 0 Å². The third-order valence-electron chi connectivity index (χ3n) is 7.42. The van der Waals surface area contributed by atoms with Crippen LogP contribution in [0.4, 0.5) is 0 Å². The van der Waals surface area contributed by atoms with Crippen LogP contribution >= 0.6 is 0 Å². The fraction of sp³-hybridized carbons (Fsp3) is 0.481. The molecule has 33 heavy (non-hydrogen) atoms. The van der Waals surface area contributed by atoms with Crippen molar-refractivity contribution in [3.63, 3.8) is 0 Å². The Hall–Kier alpha value is -2.70. The van der Waals surface area contributed by atoms with Gasteiger partial charge >= 0.3 is 5.97 Å². The van der Waals surface area contributed by atoms with Crippen molar-refractivity contribution in [2.24, 2.45) is 5.41 Å². The predicted molar refractivity (Wildman–Crippen MR) is 130 cm³/mol. The minimum atomic E-state index is -0.416. The Labute approximate surface area is 195 Å². The van der Waals surface area contributed by atoms with Crippen molar-refractivity contribution in [3.05, 3.63) is 53.6 Å². The van der Waals surface area contributed by atoms with E-state index in [1.165, 1.54) is 11.1 Å². The van der Waals surface area contributed by atoms with Gasteiger partial charge in [0.2, 0.25) is 0 Å². The summed E-state index contributed by atoms with van der Waals surface area (Å²) >= 11 is 0. The highest BCUT2D eigenvalue weighted by atomic mass is 16.6. The summed E-state index contributed by atoms with van der Waals surface area (Å²) in [5.41, 5.74) is 2.95. The lowest BCUT2D eigenvalue weighted by Crippen LogP contribution is -2.45. The molecule has 174 valence electrons. The van der Waals surface area contributed by atoms with Gasteiger partial charge in [-0.15, -0.1) is 0 Å². The molecule has 0 aliphatic carbocycles. The summed E-state index contributed by atoms with van der Waals surface area (Å²) in [6.45, 7) is 3.89. The number of benzene rings is 2. The van der Waals surface area contributed by atoms with Gasteiger partial charge in [-0.05, 0) is 80.0 Å². The van der Waals surface area contributed by atoms with Crippen LogP contribution in [0.1, 0.15) is 41.6 Å². The van der Waals surface area contributed by atoms with E-state index in [2.05, 4.69) is 40.6 Å². The van der Waals surface area contributed by atoms with E-state index in [1.54, 1.807) is 0 Å². The molecule has 6 nitrogen and oxygen atoms in total. The average Bonchev–Trinajstić information content (AvgIpc) is 3.12. The molecule has 0 bridgehead atoms. The van der Waals surface area contributed by atoms with Crippen LogP contribution in [0.25, 0.3) is 16.3 Å². The number of likely N-dealkylation sites (N-methyl/N-ethyl adjacent to an activating group) is 1. The third kappa shape index (κ3) is 4.42. The molecule has 0 radical (unpaired) electrons. The maximum atomic E-state index is 13.2. The number of fused-ring (bicyclic) bond motifs is 1. The second-order valence-corrected chi connectivity index (χ2v) is 10.0. The zero-order chi connectivity index (χ0) is 23.0. The van der Waals surface area contributed by atoms with Gasteiger partial charge in [-0.1, -0.05) is 24.3 Å². The standard InChI is InChI=1S/C27H33N3O3/c1-29(2)18-24-17-27(26(32)33-24)9-13-30(14-10-27)25(31)23-6-5-21-15-20(3-4-22(21)16-23)19-7-11-28-12-8-19/h3-7,15-16,24,28H,8-14,17-18H2,1-2H3. The summed E-state index contributed by atoms with van der Waals surface area (Å²) in [5.74, 6) is -0.0279. The predicted octanol–water partition coefficient (Wildman–Crippen LogP) is 3.32. The number of cyclic esters (lactones) is 1. The normalized spacial score (nSPS) is 22.6. The van der Waals surface area contributed by atoms with E-state index in [0.29, 0.717) is 31.5 Å². The average molecular weight is 448 g/mol. The van der Waals surface area contributed by atoms with Crippen molar-refractivity contribution >= 4 is 28.2 Å². The van der Waals surface area contributed by atoms with E-state index in [-0.39, 0.29) is 18.0 Å². The maximum absolute atomic E-state index is 13.2. The second-order valence-electron chi connectivity index (χ2n) is 10.0. The molecular weight excluding hydrogens is 414 g/mol. The van der Waals surface area contributed by atoms with Crippen LogP contribution < -0.4 is 5.32 Å². The van der Waals surface area contributed by atoms with Gasteiger partial charge in [0.1, 0.15) is 6.10 Å². The number of piperidine rings is 1. The highest BCUT2D eigenvalue weighted by molar-refractivity contribution is 5.99. The number of amides is 1. The van der Waals surface area contributed by atoms with Gasteiger partial charge in [-0.3, -0.25) is 9.59 Å². The molecule has 2 aromatic carbocycles. The highest BCUT2D eigenvalue weighted by Gasteiger charge is 2.50. The number of esters is 1. The summed E-state index contributed by atoms with van der Waals surface area (Å²) < 4.78 is 5.66. The first-order valence-corrected chi connectivity index (χ1v) is 12.0. The van der Waals surface area contributed by atoms with Crippen molar-refractivity contribution in [1.29, 1.82) is 0 Å². The Kier molecular flexibility index (Phi) is 5.97. The monoisotopic (exact) mass is 447 g/mol. The molecule has 1 spiro atoms. The lowest BCUT2D eigenvalue weighted by molar-refractivity contribution is -0.150. The van der Waals surface area contributed by atoms with Crippen LogP contribution in [0, 0.1) is 5.41 Å². The first kappa shape index (κ1) is 22.1. The number of likely N-dealkylation sites (tertiary alicyclic amines) is 1. The zero-order valence-corrected chi connectivity index (χ0v) is 19.6. The van der Waals surface area contributed by atoms with Gasteiger partial charge in [0.15, 0.2) is 0 Å². The second kappa shape index (κ2) is 8.92. The first-order chi connectivity index (χ1) is 15.9. The highest BCUT2D eigenvalue weighted by Crippen LogP contribution is 2.43. The fourth-order valence-electron chi connectivity index (χ4n) is 5.54. The minimum absolute atomic E-state index is 0.0410. The van der Waals surface area contributed by atoms with Crippen LogP contribution in [0.2, 0.25) is 0 Å². The number of hydrogen-bond acceptors (Lipinski definition) is 5. The van der Waals surface area contributed by atoms with E-state index in [1.807, 2.05) is 31.1 Å². The number of nitrogens with zero attached hydrogens (tertiary/aromatic N) is 2. The molecule has 0 aromatic heterocycles. The molecule has 1 unspecified atom stereocenters. The van der Waals surface area contributed by atoms with Crippen molar-refractivity contribution in [3.8, 4) is 0 Å². The van der Waals surface area contributed by atoms with E-state index < -0.39 is 5.41 Å². The summed E-state index contributed by atoms with van der Waals surface area (Å²) in [5, 5.41) is 5.59. The Morgan fingerprint density at radius 1 is 1.15 bits per heavy atom. The quantitative estimate of drug-likeness (QED) is 0.729. The lowest BCUT2D eigenvalue weighted by Gasteiger charge is -2.36. The molecule has 5 rings (SSSR count). The Morgan fingerprint density at radius 2 is 1.91 bits per heavy atom. The summed E-state index contributed by atoms with van der Waals surface area (Å²) in [6, 6.07) is 12.5. The minimum Gasteiger partial charge on any atom is -0.461 e. The van der Waals surface area contributed by atoms with Gasteiger partial charge in [0.05, 0.1) is 5.41 Å². The Balaban J connectivity index is 1.27. The summed E-state index contributed by atoms with van der Waals surface area (Å²) in [7, 11) is 3.99. The number of ether oxygens (including phenoxy) is 1. The topological polar surface area (TPSA) is 61.9 Å². The Morgan fingerprint density at radius 3 is 2.64 bits per heavy atom. The molecule has 2 saturated heterocycles. The van der Waals surface area contributed by atoms with Crippen LogP contribution in [0.3, 0.4) is 0 Å². The molecule has 2 fully saturated rings. The molecule has 3 heterocycles. The van der Waals surface area contributed by atoms with E-state index in [4.69, 9.17) is 4.74 Å². The maximum Gasteiger partial charge on any atom is 0.312 e. The van der Waals surface area contributed by atoms with Crippen LogP contribution in [0.15, 0.2) is 42.5 Å². The first-order valence-electron chi connectivity index (χ1n) is 12.0. The fourth-order valence-corrected chi connectivity index (χ4v) is 5.54. The van der Waals surface area contributed by atoms with E-state index in [9.17, 15) is 9.59 Å². The van der Waals surface area contributed by atoms with Crippen molar-refractivity contribution in [2.75, 3.05) is 46.8 Å². The van der Waals surface area contributed by atoms with Crippen LogP contribution in [-0.4, -0.2) is 74.6 Å². The van der Waals surface area contributed by atoms with Gasteiger partial charge in [0.25, 0.3) is 5.91 Å². The molecule has 0 saturated carbocycles. The molecule has 6 heteroatoms. The zero-order valence-electron chi connectivity index (χ0n) is 19.6. The number of rotatable bonds is 4. The molecule has 2 aromatic rings. The van der Waals surface area contributed by atoms with Crippen molar-refractivity contribution < 1.29 is 14.3 Å². The largest absolute Gasteiger partial charge is 0.461 e. The molecule has 1 N–H and O–H groups in total.